The van der Waals surface area contributed by atoms with Crippen molar-refractivity contribution in [2.75, 3.05) is 6.54 Å². The fourth-order valence-corrected chi connectivity index (χ4v) is 4.33. The molecule has 2 aromatic carbocycles. The molecule has 2 bridgehead atoms. The summed E-state index contributed by atoms with van der Waals surface area (Å²) in [5.41, 5.74) is -0.742. The Hall–Kier alpha value is -2.83. The molecular weight excluding hydrogens is 369 g/mol. The molecule has 0 spiro atoms. The van der Waals surface area contributed by atoms with Gasteiger partial charge < -0.3 is 10.2 Å². The van der Waals surface area contributed by atoms with Crippen molar-refractivity contribution in [3.63, 3.8) is 0 Å². The van der Waals surface area contributed by atoms with E-state index >= 15 is 0 Å². The summed E-state index contributed by atoms with van der Waals surface area (Å²) in [5, 5.41) is 2.95. The molecule has 0 aromatic heterocycles. The first-order valence-electron chi connectivity index (χ1n) is 9.17. The standard InChI is InChI=1S/C21H19F3N2O2/c22-21(23,24)16-9-5-4-8-15(16)20(28)26-12-13-10-17(18(26)11-13)25-19(27)14-6-2-1-3-7-14/h1-9,13,17-18H,10-12H2,(H,25,27)/t13-,17+,18-/m1/s1. The fraction of sp³-hybridized carbons (Fsp3) is 0.333. The van der Waals surface area contributed by atoms with Crippen LogP contribution in [0.25, 0.3) is 0 Å². The zero-order valence-electron chi connectivity index (χ0n) is 14.9. The van der Waals surface area contributed by atoms with Gasteiger partial charge in [0, 0.05) is 18.2 Å². The Bertz CT molecular complexity index is 898. The first-order chi connectivity index (χ1) is 13.3. The molecule has 4 rings (SSSR count). The molecule has 0 unspecified atom stereocenters. The minimum absolute atomic E-state index is 0.188. The van der Waals surface area contributed by atoms with E-state index in [-0.39, 0.29) is 29.5 Å². The van der Waals surface area contributed by atoms with Gasteiger partial charge in [0.05, 0.1) is 17.2 Å². The minimum Gasteiger partial charge on any atom is -0.347 e. The Labute approximate surface area is 160 Å². The molecule has 7 heteroatoms. The molecule has 0 radical (unpaired) electrons. The topological polar surface area (TPSA) is 49.4 Å². The van der Waals surface area contributed by atoms with Crippen molar-refractivity contribution >= 4 is 11.8 Å². The van der Waals surface area contributed by atoms with E-state index in [1.54, 1.807) is 24.3 Å². The molecule has 1 aliphatic carbocycles. The molecule has 28 heavy (non-hydrogen) atoms. The fourth-order valence-electron chi connectivity index (χ4n) is 4.33. The van der Waals surface area contributed by atoms with Crippen LogP contribution in [0.5, 0.6) is 0 Å². The number of hydrogen-bond donors (Lipinski definition) is 1. The second-order valence-electron chi connectivity index (χ2n) is 7.35. The SMILES string of the molecule is O=C(N[C@H]1C[C@@H]2C[C@H]1N(C(=O)c1ccccc1C(F)(F)F)C2)c1ccccc1. The number of piperidine rings is 1. The van der Waals surface area contributed by atoms with Crippen LogP contribution in [-0.4, -0.2) is 35.3 Å². The van der Waals surface area contributed by atoms with Crippen LogP contribution in [0.3, 0.4) is 0 Å². The number of carbonyl (C=O) groups excluding carboxylic acids is 2. The third-order valence-corrected chi connectivity index (χ3v) is 5.56. The van der Waals surface area contributed by atoms with Crippen LogP contribution < -0.4 is 5.32 Å². The number of alkyl halides is 3. The van der Waals surface area contributed by atoms with Crippen molar-refractivity contribution in [2.45, 2.75) is 31.1 Å². The number of rotatable bonds is 3. The van der Waals surface area contributed by atoms with E-state index in [4.69, 9.17) is 0 Å². The van der Waals surface area contributed by atoms with E-state index in [2.05, 4.69) is 5.32 Å². The molecule has 4 nitrogen and oxygen atoms in total. The average molecular weight is 388 g/mol. The lowest BCUT2D eigenvalue weighted by Crippen LogP contribution is -2.52. The van der Waals surface area contributed by atoms with Crippen LogP contribution >= 0.6 is 0 Å². The van der Waals surface area contributed by atoms with Gasteiger partial charge in [-0.05, 0) is 43.0 Å². The molecule has 1 saturated heterocycles. The van der Waals surface area contributed by atoms with Gasteiger partial charge in [0.1, 0.15) is 0 Å². The monoisotopic (exact) mass is 388 g/mol. The van der Waals surface area contributed by atoms with Crippen LogP contribution in [-0.2, 0) is 6.18 Å². The smallest absolute Gasteiger partial charge is 0.347 e. The van der Waals surface area contributed by atoms with Gasteiger partial charge in [0.25, 0.3) is 11.8 Å². The molecule has 2 amide bonds. The molecule has 2 aromatic rings. The number of halogens is 3. The maximum atomic E-state index is 13.3. The zero-order valence-corrected chi connectivity index (χ0v) is 14.9. The highest BCUT2D eigenvalue weighted by atomic mass is 19.4. The van der Waals surface area contributed by atoms with E-state index < -0.39 is 17.6 Å². The third-order valence-electron chi connectivity index (χ3n) is 5.56. The molecule has 2 aliphatic rings. The molecule has 146 valence electrons. The first-order valence-corrected chi connectivity index (χ1v) is 9.17. The van der Waals surface area contributed by atoms with Gasteiger partial charge in [-0.2, -0.15) is 13.2 Å². The summed E-state index contributed by atoms with van der Waals surface area (Å²) in [5.74, 6) is -0.673. The van der Waals surface area contributed by atoms with E-state index in [0.717, 1.165) is 12.5 Å². The Morgan fingerprint density at radius 2 is 1.64 bits per heavy atom. The van der Waals surface area contributed by atoms with Crippen LogP contribution in [0, 0.1) is 5.92 Å². The number of benzene rings is 2. The van der Waals surface area contributed by atoms with E-state index in [1.165, 1.54) is 23.1 Å². The number of amides is 2. The van der Waals surface area contributed by atoms with Gasteiger partial charge >= 0.3 is 6.18 Å². The zero-order chi connectivity index (χ0) is 19.9. The summed E-state index contributed by atoms with van der Waals surface area (Å²) in [6.07, 6.45) is -3.17. The van der Waals surface area contributed by atoms with Crippen LogP contribution in [0.4, 0.5) is 13.2 Å². The number of nitrogens with zero attached hydrogens (tertiary/aromatic N) is 1. The predicted molar refractivity (Wildman–Crippen MR) is 96.7 cm³/mol. The number of fused-ring (bicyclic) bond motifs is 2. The van der Waals surface area contributed by atoms with Gasteiger partial charge in [-0.3, -0.25) is 9.59 Å². The summed E-state index contributed by atoms with van der Waals surface area (Å²) < 4.78 is 39.9. The van der Waals surface area contributed by atoms with Gasteiger partial charge in [0.15, 0.2) is 0 Å². The van der Waals surface area contributed by atoms with Gasteiger partial charge in [-0.15, -0.1) is 0 Å². The van der Waals surface area contributed by atoms with Crippen molar-refractivity contribution in [3.05, 3.63) is 71.3 Å². The van der Waals surface area contributed by atoms with Crippen molar-refractivity contribution in [3.8, 4) is 0 Å². The Morgan fingerprint density at radius 1 is 0.964 bits per heavy atom. The van der Waals surface area contributed by atoms with E-state index in [1.807, 2.05) is 6.07 Å². The molecule has 3 atom stereocenters. The average Bonchev–Trinajstić information content (AvgIpc) is 3.28. The Kier molecular flexibility index (Phi) is 4.61. The van der Waals surface area contributed by atoms with Gasteiger partial charge in [-0.25, -0.2) is 0 Å². The summed E-state index contributed by atoms with van der Waals surface area (Å²) in [6.45, 7) is 0.424. The number of carbonyl (C=O) groups is 2. The minimum atomic E-state index is -4.59. The van der Waals surface area contributed by atoms with E-state index in [0.29, 0.717) is 18.5 Å². The highest BCUT2D eigenvalue weighted by Crippen LogP contribution is 2.40. The lowest BCUT2D eigenvalue weighted by atomic mass is 10.0. The van der Waals surface area contributed by atoms with Crippen molar-refractivity contribution in [1.82, 2.24) is 10.2 Å². The lowest BCUT2D eigenvalue weighted by molar-refractivity contribution is -0.138. The second kappa shape index (κ2) is 6.96. The molecule has 2 fully saturated rings. The third kappa shape index (κ3) is 3.37. The number of hydrogen-bond acceptors (Lipinski definition) is 2. The maximum Gasteiger partial charge on any atom is 0.417 e. The number of likely N-dealkylation sites (tertiary alicyclic amines) is 1. The molecule has 1 aliphatic heterocycles. The highest BCUT2D eigenvalue weighted by molar-refractivity contribution is 5.97. The lowest BCUT2D eigenvalue weighted by Gasteiger charge is -2.34. The van der Waals surface area contributed by atoms with E-state index in [9.17, 15) is 22.8 Å². The quantitative estimate of drug-likeness (QED) is 0.871. The maximum absolute atomic E-state index is 13.3. The second-order valence-corrected chi connectivity index (χ2v) is 7.35. The van der Waals surface area contributed by atoms with Gasteiger partial charge in [0.2, 0.25) is 0 Å². The van der Waals surface area contributed by atoms with Crippen LogP contribution in [0.2, 0.25) is 0 Å². The Balaban J connectivity index is 1.53. The molecule has 1 heterocycles. The van der Waals surface area contributed by atoms with Crippen molar-refractivity contribution < 1.29 is 22.8 Å². The summed E-state index contributed by atoms with van der Waals surface area (Å²) in [4.78, 5) is 26.9. The van der Waals surface area contributed by atoms with Crippen LogP contribution in [0.1, 0.15) is 39.1 Å². The van der Waals surface area contributed by atoms with Gasteiger partial charge in [-0.1, -0.05) is 30.3 Å². The summed E-state index contributed by atoms with van der Waals surface area (Å²) in [6, 6.07) is 13.1. The molecule has 1 N–H and O–H groups in total. The normalized spacial score (nSPS) is 23.7. The summed E-state index contributed by atoms with van der Waals surface area (Å²) >= 11 is 0. The summed E-state index contributed by atoms with van der Waals surface area (Å²) in [7, 11) is 0. The van der Waals surface area contributed by atoms with Crippen LogP contribution in [0.15, 0.2) is 54.6 Å². The Morgan fingerprint density at radius 3 is 2.32 bits per heavy atom. The van der Waals surface area contributed by atoms with Crippen molar-refractivity contribution in [2.24, 2.45) is 5.92 Å². The van der Waals surface area contributed by atoms with Crippen molar-refractivity contribution in [1.29, 1.82) is 0 Å². The largest absolute Gasteiger partial charge is 0.417 e. The molecular formula is C21H19F3N2O2. The predicted octanol–water partition coefficient (Wildman–Crippen LogP) is 3.74. The highest BCUT2D eigenvalue weighted by Gasteiger charge is 2.48. The number of nitrogens with one attached hydrogen (secondary N) is 1. The molecule has 1 saturated carbocycles. The first kappa shape index (κ1) is 18.5.